The lowest BCUT2D eigenvalue weighted by molar-refractivity contribution is -0.137. The third kappa shape index (κ3) is 5.35. The first-order chi connectivity index (χ1) is 11.4. The van der Waals surface area contributed by atoms with Gasteiger partial charge in [-0.15, -0.1) is 0 Å². The molecule has 0 atom stereocenters. The van der Waals surface area contributed by atoms with Crippen molar-refractivity contribution in [1.82, 2.24) is 15.3 Å². The molecule has 2 rings (SSSR count). The van der Waals surface area contributed by atoms with Crippen molar-refractivity contribution in [2.24, 2.45) is 0 Å². The molecular formula is C17H20N4O3. The number of carboxylic acid groups (broad SMARTS) is 1. The average Bonchev–Trinajstić information content (AvgIpc) is 2.50. The van der Waals surface area contributed by atoms with Gasteiger partial charge in [0.15, 0.2) is 0 Å². The molecule has 7 heteroatoms. The van der Waals surface area contributed by atoms with Crippen molar-refractivity contribution in [3.8, 4) is 0 Å². The van der Waals surface area contributed by atoms with Gasteiger partial charge in [-0.3, -0.25) is 9.59 Å². The monoisotopic (exact) mass is 328 g/mol. The highest BCUT2D eigenvalue weighted by atomic mass is 16.4. The molecule has 1 aromatic carbocycles. The molecule has 1 amide bonds. The molecule has 0 aliphatic carbocycles. The predicted octanol–water partition coefficient (Wildman–Crippen LogP) is 2.43. The average molecular weight is 328 g/mol. The zero-order chi connectivity index (χ0) is 17.5. The molecule has 1 aromatic heterocycles. The molecule has 0 saturated heterocycles. The fourth-order valence-corrected chi connectivity index (χ4v) is 2.19. The maximum absolute atomic E-state index is 12.1. The van der Waals surface area contributed by atoms with E-state index in [-0.39, 0.29) is 12.3 Å². The van der Waals surface area contributed by atoms with Gasteiger partial charge >= 0.3 is 5.97 Å². The summed E-state index contributed by atoms with van der Waals surface area (Å²) in [5.74, 6) is -0.638. The van der Waals surface area contributed by atoms with Gasteiger partial charge in [0.2, 0.25) is 5.95 Å². The summed E-state index contributed by atoms with van der Waals surface area (Å²) in [6, 6.07) is 8.86. The maximum Gasteiger partial charge on any atom is 0.303 e. The summed E-state index contributed by atoms with van der Waals surface area (Å²) in [6.45, 7) is 4.10. The van der Waals surface area contributed by atoms with Gasteiger partial charge in [-0.1, -0.05) is 6.07 Å². The summed E-state index contributed by atoms with van der Waals surface area (Å²) >= 11 is 0. The Morgan fingerprint density at radius 3 is 2.50 bits per heavy atom. The van der Waals surface area contributed by atoms with Crippen LogP contribution in [0.2, 0.25) is 0 Å². The number of carbonyl (C=O) groups excluding carboxylic acids is 1. The Labute approximate surface area is 140 Å². The van der Waals surface area contributed by atoms with E-state index in [2.05, 4.69) is 20.6 Å². The number of rotatable bonds is 7. The fraction of sp³-hybridized carbons (Fsp3) is 0.294. The van der Waals surface area contributed by atoms with Crippen LogP contribution in [0.3, 0.4) is 0 Å². The van der Waals surface area contributed by atoms with Crippen LogP contribution in [0, 0.1) is 13.8 Å². The normalized spacial score (nSPS) is 10.2. The molecule has 7 nitrogen and oxygen atoms in total. The molecule has 0 radical (unpaired) electrons. The lowest BCUT2D eigenvalue weighted by Gasteiger charge is -2.09. The quantitative estimate of drug-likeness (QED) is 0.674. The molecule has 3 N–H and O–H groups in total. The smallest absolute Gasteiger partial charge is 0.303 e. The summed E-state index contributed by atoms with van der Waals surface area (Å²) in [4.78, 5) is 31.1. The fourth-order valence-electron chi connectivity index (χ4n) is 2.19. The number of hydrogen-bond acceptors (Lipinski definition) is 5. The van der Waals surface area contributed by atoms with E-state index in [0.717, 1.165) is 11.4 Å². The summed E-state index contributed by atoms with van der Waals surface area (Å²) in [6.07, 6.45) is 0.432. The van der Waals surface area contributed by atoms with Gasteiger partial charge in [-0.2, -0.15) is 0 Å². The first-order valence-electron chi connectivity index (χ1n) is 7.63. The Bertz CT molecular complexity index is 726. The first-order valence-corrected chi connectivity index (χ1v) is 7.63. The molecule has 1 heterocycles. The lowest BCUT2D eigenvalue weighted by Crippen LogP contribution is -2.24. The standard InChI is InChI=1S/C17H20N4O3/c1-11-9-12(2)20-17(19-11)21-14-6-3-5-13(10-14)16(24)18-8-4-7-15(22)23/h3,5-6,9-10H,4,7-8H2,1-2H3,(H,18,24)(H,22,23)(H,19,20,21). The van der Waals surface area contributed by atoms with Gasteiger partial charge in [-0.25, -0.2) is 9.97 Å². The first kappa shape index (κ1) is 17.4. The Morgan fingerprint density at radius 2 is 1.83 bits per heavy atom. The summed E-state index contributed by atoms with van der Waals surface area (Å²) < 4.78 is 0. The van der Waals surface area contributed by atoms with E-state index in [1.807, 2.05) is 26.0 Å². The predicted molar refractivity (Wildman–Crippen MR) is 90.4 cm³/mol. The van der Waals surface area contributed by atoms with Crippen LogP contribution < -0.4 is 10.6 Å². The van der Waals surface area contributed by atoms with Gasteiger partial charge < -0.3 is 15.7 Å². The van der Waals surface area contributed by atoms with Crippen molar-refractivity contribution in [2.45, 2.75) is 26.7 Å². The van der Waals surface area contributed by atoms with Crippen molar-refractivity contribution in [3.63, 3.8) is 0 Å². The van der Waals surface area contributed by atoms with Crippen LogP contribution in [0.15, 0.2) is 30.3 Å². The van der Waals surface area contributed by atoms with Crippen LogP contribution in [0.25, 0.3) is 0 Å². The van der Waals surface area contributed by atoms with E-state index in [4.69, 9.17) is 5.11 Å². The van der Waals surface area contributed by atoms with Crippen LogP contribution in [0.4, 0.5) is 11.6 Å². The number of aliphatic carboxylic acids is 1. The van der Waals surface area contributed by atoms with Crippen molar-refractivity contribution in [2.75, 3.05) is 11.9 Å². The molecule has 0 fully saturated rings. The van der Waals surface area contributed by atoms with E-state index < -0.39 is 5.97 Å². The third-order valence-electron chi connectivity index (χ3n) is 3.22. The number of carbonyl (C=O) groups is 2. The Balaban J connectivity index is 2.00. The Kier molecular flexibility index (Phi) is 5.83. The number of anilines is 2. The lowest BCUT2D eigenvalue weighted by atomic mass is 10.2. The van der Waals surface area contributed by atoms with Crippen LogP contribution in [-0.2, 0) is 4.79 Å². The number of benzene rings is 1. The van der Waals surface area contributed by atoms with Gasteiger partial charge in [0.1, 0.15) is 0 Å². The molecular weight excluding hydrogens is 308 g/mol. The third-order valence-corrected chi connectivity index (χ3v) is 3.22. The highest BCUT2D eigenvalue weighted by Gasteiger charge is 2.07. The van der Waals surface area contributed by atoms with Crippen molar-refractivity contribution in [1.29, 1.82) is 0 Å². The minimum Gasteiger partial charge on any atom is -0.481 e. The zero-order valence-electron chi connectivity index (χ0n) is 13.7. The summed E-state index contributed by atoms with van der Waals surface area (Å²) in [7, 11) is 0. The Morgan fingerprint density at radius 1 is 1.12 bits per heavy atom. The molecule has 2 aromatic rings. The Hall–Kier alpha value is -2.96. The highest BCUT2D eigenvalue weighted by molar-refractivity contribution is 5.95. The molecule has 0 bridgehead atoms. The second-order valence-electron chi connectivity index (χ2n) is 5.43. The number of hydrogen-bond donors (Lipinski definition) is 3. The maximum atomic E-state index is 12.1. The SMILES string of the molecule is Cc1cc(C)nc(Nc2cccc(C(=O)NCCCC(=O)O)c2)n1. The van der Waals surface area contributed by atoms with Gasteiger partial charge in [0, 0.05) is 35.6 Å². The second-order valence-corrected chi connectivity index (χ2v) is 5.43. The van der Waals surface area contributed by atoms with Crippen LogP contribution in [-0.4, -0.2) is 33.5 Å². The van der Waals surface area contributed by atoms with Crippen LogP contribution in [0.5, 0.6) is 0 Å². The number of amides is 1. The minimum absolute atomic E-state index is 0.0337. The largest absolute Gasteiger partial charge is 0.481 e. The van der Waals surface area contributed by atoms with E-state index in [1.54, 1.807) is 18.2 Å². The number of aryl methyl sites for hydroxylation is 2. The van der Waals surface area contributed by atoms with E-state index in [1.165, 1.54) is 0 Å². The van der Waals surface area contributed by atoms with Gasteiger partial charge in [0.05, 0.1) is 0 Å². The van der Waals surface area contributed by atoms with Crippen molar-refractivity contribution >= 4 is 23.5 Å². The van der Waals surface area contributed by atoms with Crippen molar-refractivity contribution < 1.29 is 14.7 Å². The van der Waals surface area contributed by atoms with Gasteiger partial charge in [-0.05, 0) is 44.5 Å². The highest BCUT2D eigenvalue weighted by Crippen LogP contribution is 2.15. The molecule has 0 spiro atoms. The molecule has 0 aliphatic heterocycles. The number of carboxylic acids is 1. The summed E-state index contributed by atoms with van der Waals surface area (Å²) in [5.41, 5.74) is 2.91. The van der Waals surface area contributed by atoms with Crippen LogP contribution >= 0.6 is 0 Å². The van der Waals surface area contributed by atoms with E-state index in [0.29, 0.717) is 30.2 Å². The van der Waals surface area contributed by atoms with E-state index in [9.17, 15) is 9.59 Å². The summed E-state index contributed by atoms with van der Waals surface area (Å²) in [5, 5.41) is 14.4. The molecule has 0 unspecified atom stereocenters. The number of nitrogens with one attached hydrogen (secondary N) is 2. The second kappa shape index (κ2) is 8.05. The number of nitrogens with zero attached hydrogens (tertiary/aromatic N) is 2. The minimum atomic E-state index is -0.871. The molecule has 0 saturated carbocycles. The molecule has 24 heavy (non-hydrogen) atoms. The number of aromatic nitrogens is 2. The topological polar surface area (TPSA) is 104 Å². The molecule has 0 aliphatic rings. The van der Waals surface area contributed by atoms with Crippen LogP contribution in [0.1, 0.15) is 34.6 Å². The van der Waals surface area contributed by atoms with Gasteiger partial charge in [0.25, 0.3) is 5.91 Å². The zero-order valence-corrected chi connectivity index (χ0v) is 13.7. The molecule has 126 valence electrons. The van der Waals surface area contributed by atoms with E-state index >= 15 is 0 Å². The van der Waals surface area contributed by atoms with Crippen molar-refractivity contribution in [3.05, 3.63) is 47.3 Å².